The number of anilines is 1. The minimum atomic E-state index is -4.95. The van der Waals surface area contributed by atoms with Crippen molar-refractivity contribution in [3.8, 4) is 0 Å². The van der Waals surface area contributed by atoms with Crippen LogP contribution in [-0.2, 0) is 8.53 Å². The van der Waals surface area contributed by atoms with Gasteiger partial charge in [-0.1, -0.05) is 34.8 Å². The van der Waals surface area contributed by atoms with Gasteiger partial charge in [-0.3, -0.25) is 5.32 Å². The van der Waals surface area contributed by atoms with Gasteiger partial charge in [0.05, 0.1) is 11.6 Å². The van der Waals surface area contributed by atoms with Crippen LogP contribution in [0.15, 0.2) is 17.3 Å². The summed E-state index contributed by atoms with van der Waals surface area (Å²) in [4.78, 5) is 11.7. The number of nitrogens with one attached hydrogen (secondary N) is 2. The molecule has 1 unspecified atom stereocenters. The van der Waals surface area contributed by atoms with Gasteiger partial charge in [-0.05, 0) is 12.5 Å². The number of hydrogen-bond donors (Lipinski definition) is 3. The maximum atomic E-state index is 13.4. The van der Waals surface area contributed by atoms with Crippen LogP contribution in [0.5, 0.6) is 0 Å². The Morgan fingerprint density at radius 3 is 2.72 bits per heavy atom. The molecule has 138 valence electrons. The Bertz CT molecular complexity index is 699. The first-order valence-corrected chi connectivity index (χ1v) is 8.08. The number of aliphatic imine (C=N–C) groups is 1. The standard InChI is InChI=1S/C12H11Cl3F3N5O2/c13-11(14,15)6-1-3-19-8(20-6)22-9-21-7-5(2-4-25-7)10(24,23-9)12(16,17)18/h1,3,5,7,24H,2,4H2,(H2,19,20,21,22,23)/t5-,7+,10?/m1/s1. The van der Waals surface area contributed by atoms with E-state index < -0.39 is 33.8 Å². The molecule has 0 radical (unpaired) electrons. The molecule has 7 nitrogen and oxygen atoms in total. The lowest BCUT2D eigenvalue weighted by Crippen LogP contribution is -2.68. The van der Waals surface area contributed by atoms with Crippen molar-refractivity contribution in [2.75, 3.05) is 11.9 Å². The fourth-order valence-electron chi connectivity index (χ4n) is 2.58. The first kappa shape index (κ1) is 18.7. The largest absolute Gasteiger partial charge is 0.436 e. The number of ether oxygens (including phenoxy) is 1. The SMILES string of the molecule is OC1(C(F)(F)F)NC(Nc2nccc(C(Cl)(Cl)Cl)n2)=N[C@H]2OCC[C@H]21. The molecule has 3 heterocycles. The molecule has 3 N–H and O–H groups in total. The number of halogens is 6. The molecule has 1 fully saturated rings. The highest BCUT2D eigenvalue weighted by atomic mass is 35.6. The lowest BCUT2D eigenvalue weighted by Gasteiger charge is -2.41. The zero-order chi connectivity index (χ0) is 18.5. The predicted octanol–water partition coefficient (Wildman–Crippen LogP) is 2.29. The molecular formula is C12H11Cl3F3N5O2. The summed E-state index contributed by atoms with van der Waals surface area (Å²) in [5.41, 5.74) is -3.20. The smallest absolute Gasteiger partial charge is 0.363 e. The number of nitrogens with zero attached hydrogens (tertiary/aromatic N) is 3. The molecule has 2 aliphatic heterocycles. The Labute approximate surface area is 154 Å². The zero-order valence-corrected chi connectivity index (χ0v) is 14.5. The molecular weight excluding hydrogens is 410 g/mol. The van der Waals surface area contributed by atoms with Gasteiger partial charge in [-0.2, -0.15) is 13.2 Å². The Kier molecular flexibility index (Phi) is 4.70. The first-order valence-electron chi connectivity index (χ1n) is 6.94. The highest BCUT2D eigenvalue weighted by molar-refractivity contribution is 6.66. The molecule has 0 aliphatic carbocycles. The van der Waals surface area contributed by atoms with Crippen LogP contribution in [-0.4, -0.2) is 45.8 Å². The van der Waals surface area contributed by atoms with Crippen LogP contribution >= 0.6 is 34.8 Å². The van der Waals surface area contributed by atoms with Gasteiger partial charge in [0.1, 0.15) is 0 Å². The van der Waals surface area contributed by atoms with Crippen molar-refractivity contribution in [3.63, 3.8) is 0 Å². The highest BCUT2D eigenvalue weighted by Crippen LogP contribution is 2.43. The van der Waals surface area contributed by atoms with Crippen LogP contribution in [0, 0.1) is 5.92 Å². The Balaban J connectivity index is 1.88. The van der Waals surface area contributed by atoms with E-state index in [0.29, 0.717) is 0 Å². The van der Waals surface area contributed by atoms with Crippen molar-refractivity contribution in [2.24, 2.45) is 10.9 Å². The summed E-state index contributed by atoms with van der Waals surface area (Å²) in [6, 6.07) is 1.33. The van der Waals surface area contributed by atoms with Gasteiger partial charge < -0.3 is 15.2 Å². The van der Waals surface area contributed by atoms with Gasteiger partial charge in [-0.15, -0.1) is 0 Å². The van der Waals surface area contributed by atoms with E-state index in [1.807, 2.05) is 5.32 Å². The number of guanidine groups is 1. The number of alkyl halides is 6. The van der Waals surface area contributed by atoms with Gasteiger partial charge in [0.25, 0.3) is 0 Å². The molecule has 1 saturated heterocycles. The summed E-state index contributed by atoms with van der Waals surface area (Å²) in [7, 11) is 0. The van der Waals surface area contributed by atoms with Crippen LogP contribution in [0.25, 0.3) is 0 Å². The third-order valence-corrected chi connectivity index (χ3v) is 4.35. The van der Waals surface area contributed by atoms with E-state index in [1.54, 1.807) is 0 Å². The van der Waals surface area contributed by atoms with E-state index in [9.17, 15) is 18.3 Å². The molecule has 3 rings (SSSR count). The Morgan fingerprint density at radius 2 is 2.08 bits per heavy atom. The fourth-order valence-corrected chi connectivity index (χ4v) is 2.89. The van der Waals surface area contributed by atoms with Crippen molar-refractivity contribution in [3.05, 3.63) is 18.0 Å². The van der Waals surface area contributed by atoms with Crippen LogP contribution in [0.4, 0.5) is 19.1 Å². The van der Waals surface area contributed by atoms with Crippen molar-refractivity contribution in [2.45, 2.75) is 28.3 Å². The van der Waals surface area contributed by atoms with Crippen LogP contribution in [0.3, 0.4) is 0 Å². The van der Waals surface area contributed by atoms with Gasteiger partial charge in [0.15, 0.2) is 6.23 Å². The maximum Gasteiger partial charge on any atom is 0.436 e. The predicted molar refractivity (Wildman–Crippen MR) is 84.3 cm³/mol. The fraction of sp³-hybridized carbons (Fsp3) is 0.583. The van der Waals surface area contributed by atoms with E-state index in [1.165, 1.54) is 12.3 Å². The van der Waals surface area contributed by atoms with E-state index in [4.69, 9.17) is 39.5 Å². The normalized spacial score (nSPS) is 29.6. The summed E-state index contributed by atoms with van der Waals surface area (Å²) in [6.45, 7) is 0.0471. The maximum absolute atomic E-state index is 13.4. The van der Waals surface area contributed by atoms with E-state index in [-0.39, 0.29) is 24.7 Å². The average molecular weight is 421 g/mol. The second kappa shape index (κ2) is 6.27. The summed E-state index contributed by atoms with van der Waals surface area (Å²) in [5, 5.41) is 14.6. The van der Waals surface area contributed by atoms with Crippen molar-refractivity contribution in [1.82, 2.24) is 15.3 Å². The number of aliphatic hydroxyl groups is 1. The number of rotatable bonds is 1. The Hall–Kier alpha value is -1.07. The van der Waals surface area contributed by atoms with E-state index in [0.717, 1.165) is 0 Å². The molecule has 0 aromatic carbocycles. The molecule has 0 bridgehead atoms. The molecule has 0 amide bonds. The molecule has 3 atom stereocenters. The van der Waals surface area contributed by atoms with Gasteiger partial charge >= 0.3 is 6.18 Å². The lowest BCUT2D eigenvalue weighted by molar-refractivity contribution is -0.292. The molecule has 1 aromatic rings. The quantitative estimate of drug-likeness (QED) is 0.604. The van der Waals surface area contributed by atoms with Crippen LogP contribution in [0.2, 0.25) is 0 Å². The monoisotopic (exact) mass is 419 g/mol. The minimum absolute atomic E-state index is 0.00368. The third kappa shape index (κ3) is 3.59. The third-order valence-electron chi connectivity index (χ3n) is 3.77. The van der Waals surface area contributed by atoms with E-state index >= 15 is 0 Å². The second-order valence-electron chi connectivity index (χ2n) is 5.41. The van der Waals surface area contributed by atoms with Gasteiger partial charge in [-0.25, -0.2) is 15.0 Å². The minimum Gasteiger partial charge on any atom is -0.363 e. The van der Waals surface area contributed by atoms with Crippen molar-refractivity contribution < 1.29 is 23.0 Å². The first-order chi connectivity index (χ1) is 11.5. The zero-order valence-electron chi connectivity index (χ0n) is 12.2. The second-order valence-corrected chi connectivity index (χ2v) is 7.69. The van der Waals surface area contributed by atoms with Crippen molar-refractivity contribution >= 4 is 46.7 Å². The summed E-state index contributed by atoms with van der Waals surface area (Å²) in [6.07, 6.45) is -4.86. The molecule has 0 saturated carbocycles. The number of fused-ring (bicyclic) bond motifs is 1. The summed E-state index contributed by atoms with van der Waals surface area (Å²) < 4.78 is 43.4. The van der Waals surface area contributed by atoms with Crippen LogP contribution in [0.1, 0.15) is 12.1 Å². The van der Waals surface area contributed by atoms with Crippen LogP contribution < -0.4 is 10.6 Å². The number of hydrogen-bond acceptors (Lipinski definition) is 7. The van der Waals surface area contributed by atoms with Gasteiger partial charge in [0, 0.05) is 12.8 Å². The van der Waals surface area contributed by atoms with Gasteiger partial charge in [0.2, 0.25) is 21.4 Å². The van der Waals surface area contributed by atoms with E-state index in [2.05, 4.69) is 20.3 Å². The lowest BCUT2D eigenvalue weighted by atomic mass is 9.90. The molecule has 1 aromatic heterocycles. The topological polar surface area (TPSA) is 91.7 Å². The number of aromatic nitrogens is 2. The molecule has 25 heavy (non-hydrogen) atoms. The van der Waals surface area contributed by atoms with Crippen molar-refractivity contribution in [1.29, 1.82) is 0 Å². The average Bonchev–Trinajstić information content (AvgIpc) is 2.94. The summed E-state index contributed by atoms with van der Waals surface area (Å²) in [5.74, 6) is -1.85. The summed E-state index contributed by atoms with van der Waals surface area (Å²) >= 11 is 17.1. The molecule has 0 spiro atoms. The Morgan fingerprint density at radius 1 is 1.36 bits per heavy atom. The molecule has 2 aliphatic rings. The molecule has 13 heteroatoms. The highest BCUT2D eigenvalue weighted by Gasteiger charge is 2.64.